The Morgan fingerprint density at radius 2 is 1.88 bits per heavy atom. The van der Waals surface area contributed by atoms with Crippen molar-refractivity contribution in [1.29, 1.82) is 0 Å². The number of nitrogens with two attached hydrogens (primary N) is 1. The topological polar surface area (TPSA) is 75.4 Å². The fraction of sp³-hybridized carbons (Fsp3) is 0.619. The SMILES string of the molecule is CC(=O)N1C[C@@H](N)CC[C@@H](C(=O)NCCCc2ccc(C(C)C)cc2)C1. The second-order valence-electron chi connectivity index (χ2n) is 7.75. The smallest absolute Gasteiger partial charge is 0.224 e. The van der Waals surface area contributed by atoms with E-state index < -0.39 is 0 Å². The first-order chi connectivity index (χ1) is 12.4. The zero-order valence-corrected chi connectivity index (χ0v) is 16.3. The van der Waals surface area contributed by atoms with Gasteiger partial charge in [0.25, 0.3) is 0 Å². The highest BCUT2D eigenvalue weighted by Gasteiger charge is 2.27. The molecular formula is C21H33N3O2. The van der Waals surface area contributed by atoms with Gasteiger partial charge in [-0.1, -0.05) is 38.1 Å². The maximum atomic E-state index is 12.5. The summed E-state index contributed by atoms with van der Waals surface area (Å²) in [4.78, 5) is 25.9. The van der Waals surface area contributed by atoms with Crippen molar-refractivity contribution in [3.8, 4) is 0 Å². The molecule has 1 saturated heterocycles. The van der Waals surface area contributed by atoms with Gasteiger partial charge in [-0.2, -0.15) is 0 Å². The van der Waals surface area contributed by atoms with Crippen molar-refractivity contribution in [2.45, 2.75) is 58.4 Å². The van der Waals surface area contributed by atoms with Gasteiger partial charge < -0.3 is 16.0 Å². The Labute approximate surface area is 157 Å². The lowest BCUT2D eigenvalue weighted by Crippen LogP contribution is -2.42. The first kappa shape index (κ1) is 20.4. The molecule has 26 heavy (non-hydrogen) atoms. The summed E-state index contributed by atoms with van der Waals surface area (Å²) in [6.45, 7) is 7.61. The van der Waals surface area contributed by atoms with Crippen LogP contribution in [0.4, 0.5) is 0 Å². The van der Waals surface area contributed by atoms with Crippen LogP contribution in [-0.4, -0.2) is 42.4 Å². The van der Waals surface area contributed by atoms with Crippen LogP contribution in [0.5, 0.6) is 0 Å². The van der Waals surface area contributed by atoms with Gasteiger partial charge in [0.2, 0.25) is 11.8 Å². The van der Waals surface area contributed by atoms with E-state index in [0.29, 0.717) is 25.6 Å². The minimum Gasteiger partial charge on any atom is -0.356 e. The highest BCUT2D eigenvalue weighted by molar-refractivity contribution is 5.80. The number of nitrogens with zero attached hydrogens (tertiary/aromatic N) is 1. The van der Waals surface area contributed by atoms with Gasteiger partial charge in [0, 0.05) is 32.6 Å². The molecule has 5 nitrogen and oxygen atoms in total. The molecule has 5 heteroatoms. The summed E-state index contributed by atoms with van der Waals surface area (Å²) in [5.74, 6) is 0.425. The Morgan fingerprint density at radius 3 is 2.50 bits per heavy atom. The largest absolute Gasteiger partial charge is 0.356 e. The van der Waals surface area contributed by atoms with Crippen molar-refractivity contribution in [2.24, 2.45) is 11.7 Å². The van der Waals surface area contributed by atoms with Gasteiger partial charge >= 0.3 is 0 Å². The monoisotopic (exact) mass is 359 g/mol. The molecule has 2 rings (SSSR count). The van der Waals surface area contributed by atoms with E-state index in [1.54, 1.807) is 4.90 Å². The van der Waals surface area contributed by atoms with Crippen molar-refractivity contribution >= 4 is 11.8 Å². The minimum absolute atomic E-state index is 0.00926. The zero-order chi connectivity index (χ0) is 19.1. The van der Waals surface area contributed by atoms with Crippen molar-refractivity contribution in [3.63, 3.8) is 0 Å². The standard InChI is InChI=1S/C21H33N3O2/c1-15(2)18-8-6-17(7-9-18)5-4-12-23-21(26)19-10-11-20(22)14-24(13-19)16(3)25/h6-9,15,19-20H,4-5,10-14,22H2,1-3H3,(H,23,26)/t19-,20+/m1/s1. The van der Waals surface area contributed by atoms with Gasteiger partial charge in [0.1, 0.15) is 0 Å². The molecular weight excluding hydrogens is 326 g/mol. The molecule has 2 amide bonds. The second kappa shape index (κ2) is 9.72. The fourth-order valence-electron chi connectivity index (χ4n) is 3.41. The molecule has 0 unspecified atom stereocenters. The Kier molecular flexibility index (Phi) is 7.64. The molecule has 1 fully saturated rings. The lowest BCUT2D eigenvalue weighted by atomic mass is 10.00. The molecule has 144 valence electrons. The van der Waals surface area contributed by atoms with E-state index in [2.05, 4.69) is 43.4 Å². The summed E-state index contributed by atoms with van der Waals surface area (Å²) < 4.78 is 0. The lowest BCUT2D eigenvalue weighted by molar-refractivity contribution is -0.131. The molecule has 1 aromatic carbocycles. The molecule has 1 aliphatic heterocycles. The molecule has 3 N–H and O–H groups in total. The van der Waals surface area contributed by atoms with Crippen LogP contribution in [0.15, 0.2) is 24.3 Å². The number of likely N-dealkylation sites (tertiary alicyclic amines) is 1. The maximum Gasteiger partial charge on any atom is 0.224 e. The van der Waals surface area contributed by atoms with Crippen molar-refractivity contribution in [3.05, 3.63) is 35.4 Å². The highest BCUT2D eigenvalue weighted by Crippen LogP contribution is 2.17. The normalized spacial score (nSPS) is 20.7. The van der Waals surface area contributed by atoms with Crippen LogP contribution in [0, 0.1) is 5.92 Å². The number of aryl methyl sites for hydroxylation is 1. The number of benzene rings is 1. The number of amides is 2. The van der Waals surface area contributed by atoms with Crippen LogP contribution in [0.2, 0.25) is 0 Å². The van der Waals surface area contributed by atoms with Gasteiger partial charge in [0.05, 0.1) is 5.92 Å². The molecule has 1 aromatic rings. The Bertz CT molecular complexity index is 598. The maximum absolute atomic E-state index is 12.5. The van der Waals surface area contributed by atoms with Crippen LogP contribution in [0.1, 0.15) is 57.1 Å². The summed E-state index contributed by atoms with van der Waals surface area (Å²) >= 11 is 0. The van der Waals surface area contributed by atoms with Crippen LogP contribution < -0.4 is 11.1 Å². The van der Waals surface area contributed by atoms with Crippen LogP contribution in [0.25, 0.3) is 0 Å². The van der Waals surface area contributed by atoms with Crippen molar-refractivity contribution < 1.29 is 9.59 Å². The third-order valence-electron chi connectivity index (χ3n) is 5.19. The van der Waals surface area contributed by atoms with Gasteiger partial charge in [-0.15, -0.1) is 0 Å². The summed E-state index contributed by atoms with van der Waals surface area (Å²) in [5.41, 5.74) is 8.66. The van der Waals surface area contributed by atoms with Crippen molar-refractivity contribution in [2.75, 3.05) is 19.6 Å². The van der Waals surface area contributed by atoms with Crippen LogP contribution in [0.3, 0.4) is 0 Å². The highest BCUT2D eigenvalue weighted by atomic mass is 16.2. The van der Waals surface area contributed by atoms with Gasteiger partial charge in [0.15, 0.2) is 0 Å². The number of carbonyl (C=O) groups excluding carboxylic acids is 2. The van der Waals surface area contributed by atoms with E-state index in [4.69, 9.17) is 5.73 Å². The van der Waals surface area contributed by atoms with E-state index in [-0.39, 0.29) is 23.8 Å². The quantitative estimate of drug-likeness (QED) is 0.766. The minimum atomic E-state index is -0.155. The fourth-order valence-corrected chi connectivity index (χ4v) is 3.41. The number of nitrogens with one attached hydrogen (secondary N) is 1. The van der Waals surface area contributed by atoms with Crippen LogP contribution in [-0.2, 0) is 16.0 Å². The molecule has 1 heterocycles. The predicted molar refractivity (Wildman–Crippen MR) is 105 cm³/mol. The summed E-state index contributed by atoms with van der Waals surface area (Å²) in [5, 5.41) is 3.04. The predicted octanol–water partition coefficient (Wildman–Crippen LogP) is 2.44. The van der Waals surface area contributed by atoms with E-state index in [1.807, 2.05) is 0 Å². The number of rotatable bonds is 6. The average Bonchev–Trinajstić information content (AvgIpc) is 2.81. The average molecular weight is 360 g/mol. The summed E-state index contributed by atoms with van der Waals surface area (Å²) in [6.07, 6.45) is 3.39. The molecule has 2 atom stereocenters. The first-order valence-corrected chi connectivity index (χ1v) is 9.74. The molecule has 0 aliphatic carbocycles. The van der Waals surface area contributed by atoms with Gasteiger partial charge in [-0.05, 0) is 42.7 Å². The van der Waals surface area contributed by atoms with E-state index in [1.165, 1.54) is 18.1 Å². The summed E-state index contributed by atoms with van der Waals surface area (Å²) in [7, 11) is 0. The summed E-state index contributed by atoms with van der Waals surface area (Å²) in [6, 6.07) is 8.68. The number of hydrogen-bond donors (Lipinski definition) is 2. The Hall–Kier alpha value is -1.88. The van der Waals surface area contributed by atoms with E-state index in [9.17, 15) is 9.59 Å². The third-order valence-corrected chi connectivity index (χ3v) is 5.19. The molecule has 0 saturated carbocycles. The van der Waals surface area contributed by atoms with Crippen molar-refractivity contribution in [1.82, 2.24) is 10.2 Å². The second-order valence-corrected chi connectivity index (χ2v) is 7.75. The first-order valence-electron chi connectivity index (χ1n) is 9.74. The molecule has 1 aliphatic rings. The van der Waals surface area contributed by atoms with Gasteiger partial charge in [-0.3, -0.25) is 9.59 Å². The Balaban J connectivity index is 1.76. The molecule has 0 aromatic heterocycles. The van der Waals surface area contributed by atoms with E-state index >= 15 is 0 Å². The number of carbonyl (C=O) groups is 2. The van der Waals surface area contributed by atoms with E-state index in [0.717, 1.165) is 25.7 Å². The molecule has 0 radical (unpaired) electrons. The third kappa shape index (κ3) is 6.13. The van der Waals surface area contributed by atoms with Gasteiger partial charge in [-0.25, -0.2) is 0 Å². The molecule has 0 bridgehead atoms. The van der Waals surface area contributed by atoms with Crippen LogP contribution >= 0.6 is 0 Å². The molecule has 0 spiro atoms. The Morgan fingerprint density at radius 1 is 1.19 bits per heavy atom. The number of hydrogen-bond acceptors (Lipinski definition) is 3. The zero-order valence-electron chi connectivity index (χ0n) is 16.3. The lowest BCUT2D eigenvalue weighted by Gasteiger charge is -2.23.